The van der Waals surface area contributed by atoms with Crippen LogP contribution in [-0.2, 0) is 9.53 Å². The molecule has 7 heteroatoms. The molecule has 1 saturated heterocycles. The quantitative estimate of drug-likeness (QED) is 0.910. The van der Waals surface area contributed by atoms with Crippen molar-refractivity contribution in [1.82, 2.24) is 10.2 Å². The van der Waals surface area contributed by atoms with Gasteiger partial charge in [0.05, 0.1) is 13.2 Å². The van der Waals surface area contributed by atoms with Crippen molar-refractivity contribution in [2.75, 3.05) is 26.3 Å². The normalized spacial score (nSPS) is 18.9. The van der Waals surface area contributed by atoms with Gasteiger partial charge in [0.2, 0.25) is 5.91 Å². The van der Waals surface area contributed by atoms with E-state index in [2.05, 4.69) is 5.32 Å². The SMILES string of the molecule is CCCNC(=O)C1COCCN1C(=O)c1ccc(Cl)o1. The largest absolute Gasteiger partial charge is 0.440 e. The topological polar surface area (TPSA) is 71.8 Å². The van der Waals surface area contributed by atoms with Crippen molar-refractivity contribution in [3.05, 3.63) is 23.1 Å². The van der Waals surface area contributed by atoms with Gasteiger partial charge in [0.25, 0.3) is 5.91 Å². The molecule has 2 rings (SSSR count). The number of morpholine rings is 1. The van der Waals surface area contributed by atoms with Gasteiger partial charge < -0.3 is 19.4 Å². The maximum Gasteiger partial charge on any atom is 0.290 e. The van der Waals surface area contributed by atoms with Crippen LogP contribution in [0.4, 0.5) is 0 Å². The summed E-state index contributed by atoms with van der Waals surface area (Å²) in [5.41, 5.74) is 0. The minimum absolute atomic E-state index is 0.130. The summed E-state index contributed by atoms with van der Waals surface area (Å²) in [5, 5.41) is 2.92. The standard InChI is InChI=1S/C13H17ClN2O4/c1-2-5-15-12(17)9-8-19-7-6-16(9)13(18)10-3-4-11(14)20-10/h3-4,9H,2,5-8H2,1H3,(H,15,17). The van der Waals surface area contributed by atoms with Gasteiger partial charge in [-0.2, -0.15) is 0 Å². The van der Waals surface area contributed by atoms with Gasteiger partial charge in [0.15, 0.2) is 11.0 Å². The number of nitrogens with one attached hydrogen (secondary N) is 1. The van der Waals surface area contributed by atoms with Crippen LogP contribution in [0.2, 0.25) is 5.22 Å². The summed E-state index contributed by atoms with van der Waals surface area (Å²) in [6, 6.07) is 2.37. The minimum atomic E-state index is -0.633. The molecule has 0 saturated carbocycles. The molecule has 0 aromatic carbocycles. The predicted molar refractivity (Wildman–Crippen MR) is 72.7 cm³/mol. The summed E-state index contributed by atoms with van der Waals surface area (Å²) >= 11 is 5.67. The lowest BCUT2D eigenvalue weighted by Gasteiger charge is -2.33. The van der Waals surface area contributed by atoms with E-state index in [0.29, 0.717) is 19.7 Å². The van der Waals surface area contributed by atoms with Gasteiger partial charge in [-0.05, 0) is 30.2 Å². The lowest BCUT2D eigenvalue weighted by molar-refractivity contribution is -0.130. The highest BCUT2D eigenvalue weighted by atomic mass is 35.5. The van der Waals surface area contributed by atoms with Crippen molar-refractivity contribution >= 4 is 23.4 Å². The van der Waals surface area contributed by atoms with E-state index in [-0.39, 0.29) is 29.4 Å². The van der Waals surface area contributed by atoms with E-state index in [1.165, 1.54) is 17.0 Å². The Morgan fingerprint density at radius 1 is 1.50 bits per heavy atom. The lowest BCUT2D eigenvalue weighted by Crippen LogP contribution is -2.55. The van der Waals surface area contributed by atoms with E-state index in [1.54, 1.807) is 0 Å². The Morgan fingerprint density at radius 2 is 2.30 bits per heavy atom. The number of ether oxygens (including phenoxy) is 1. The van der Waals surface area contributed by atoms with Crippen molar-refractivity contribution < 1.29 is 18.7 Å². The van der Waals surface area contributed by atoms with Crippen LogP contribution in [0.3, 0.4) is 0 Å². The smallest absolute Gasteiger partial charge is 0.290 e. The van der Waals surface area contributed by atoms with Crippen LogP contribution in [0.5, 0.6) is 0 Å². The fraction of sp³-hybridized carbons (Fsp3) is 0.538. The Kier molecular flexibility index (Phi) is 5.03. The first-order valence-electron chi connectivity index (χ1n) is 6.55. The number of furan rings is 1. The molecule has 1 aliphatic heterocycles. The maximum absolute atomic E-state index is 12.3. The molecular formula is C13H17ClN2O4. The first-order chi connectivity index (χ1) is 9.63. The van der Waals surface area contributed by atoms with E-state index < -0.39 is 6.04 Å². The third kappa shape index (κ3) is 3.32. The third-order valence-electron chi connectivity index (χ3n) is 3.03. The lowest BCUT2D eigenvalue weighted by atomic mass is 10.2. The third-order valence-corrected chi connectivity index (χ3v) is 3.23. The molecular weight excluding hydrogens is 284 g/mol. The molecule has 110 valence electrons. The Hall–Kier alpha value is -1.53. The molecule has 1 N–H and O–H groups in total. The van der Waals surface area contributed by atoms with Crippen molar-refractivity contribution in [2.24, 2.45) is 0 Å². The fourth-order valence-corrected chi connectivity index (χ4v) is 2.15. The molecule has 0 spiro atoms. The number of rotatable bonds is 4. The van der Waals surface area contributed by atoms with Crippen LogP contribution >= 0.6 is 11.6 Å². The Morgan fingerprint density at radius 3 is 2.95 bits per heavy atom. The van der Waals surface area contributed by atoms with Gasteiger partial charge >= 0.3 is 0 Å². The summed E-state index contributed by atoms with van der Waals surface area (Å²) in [6.07, 6.45) is 0.834. The summed E-state index contributed by atoms with van der Waals surface area (Å²) in [7, 11) is 0. The Bertz CT molecular complexity index is 488. The van der Waals surface area contributed by atoms with Gasteiger partial charge in [-0.15, -0.1) is 0 Å². The second-order valence-electron chi connectivity index (χ2n) is 4.48. The van der Waals surface area contributed by atoms with Crippen LogP contribution in [0.15, 0.2) is 16.5 Å². The molecule has 0 radical (unpaired) electrons. The minimum Gasteiger partial charge on any atom is -0.440 e. The van der Waals surface area contributed by atoms with Gasteiger partial charge in [-0.1, -0.05) is 6.92 Å². The summed E-state index contributed by atoms with van der Waals surface area (Å²) in [4.78, 5) is 25.9. The molecule has 2 heterocycles. The monoisotopic (exact) mass is 300 g/mol. The second kappa shape index (κ2) is 6.76. The number of amides is 2. The highest BCUT2D eigenvalue weighted by Crippen LogP contribution is 2.18. The molecule has 0 bridgehead atoms. The van der Waals surface area contributed by atoms with Crippen LogP contribution in [0.1, 0.15) is 23.9 Å². The van der Waals surface area contributed by atoms with Gasteiger partial charge in [-0.3, -0.25) is 9.59 Å². The van der Waals surface area contributed by atoms with Crippen molar-refractivity contribution in [3.8, 4) is 0 Å². The molecule has 1 unspecified atom stereocenters. The molecule has 1 atom stereocenters. The van der Waals surface area contributed by atoms with Crippen LogP contribution in [0, 0.1) is 0 Å². The molecule has 20 heavy (non-hydrogen) atoms. The average Bonchev–Trinajstić information content (AvgIpc) is 2.90. The van der Waals surface area contributed by atoms with E-state index >= 15 is 0 Å². The highest BCUT2D eigenvalue weighted by Gasteiger charge is 2.34. The maximum atomic E-state index is 12.3. The first-order valence-corrected chi connectivity index (χ1v) is 6.93. The van der Waals surface area contributed by atoms with Crippen molar-refractivity contribution in [1.29, 1.82) is 0 Å². The fourth-order valence-electron chi connectivity index (χ4n) is 2.00. The molecule has 1 fully saturated rings. The van der Waals surface area contributed by atoms with Crippen molar-refractivity contribution in [3.63, 3.8) is 0 Å². The molecule has 1 aromatic rings. The molecule has 2 amide bonds. The van der Waals surface area contributed by atoms with E-state index in [9.17, 15) is 9.59 Å². The van der Waals surface area contributed by atoms with E-state index in [0.717, 1.165) is 6.42 Å². The van der Waals surface area contributed by atoms with Gasteiger partial charge in [0.1, 0.15) is 6.04 Å². The van der Waals surface area contributed by atoms with Gasteiger partial charge in [0, 0.05) is 13.1 Å². The number of hydrogen-bond acceptors (Lipinski definition) is 4. The molecule has 6 nitrogen and oxygen atoms in total. The number of nitrogens with zero attached hydrogens (tertiary/aromatic N) is 1. The molecule has 1 aliphatic rings. The summed E-state index contributed by atoms with van der Waals surface area (Å²) in [6.45, 7) is 3.48. The highest BCUT2D eigenvalue weighted by molar-refractivity contribution is 6.29. The number of hydrogen-bond donors (Lipinski definition) is 1. The first kappa shape index (κ1) is 14.9. The predicted octanol–water partition coefficient (Wildman–Crippen LogP) is 1.30. The number of carbonyl (C=O) groups is 2. The zero-order valence-electron chi connectivity index (χ0n) is 11.2. The Labute approximate surface area is 122 Å². The van der Waals surface area contributed by atoms with Crippen LogP contribution < -0.4 is 5.32 Å². The van der Waals surface area contributed by atoms with E-state index in [1.807, 2.05) is 6.92 Å². The number of carbonyl (C=O) groups excluding carboxylic acids is 2. The number of halogens is 1. The summed E-state index contributed by atoms with van der Waals surface area (Å²) in [5.74, 6) is -0.431. The van der Waals surface area contributed by atoms with Crippen molar-refractivity contribution in [2.45, 2.75) is 19.4 Å². The molecule has 0 aliphatic carbocycles. The Balaban J connectivity index is 2.10. The molecule has 1 aromatic heterocycles. The zero-order chi connectivity index (χ0) is 14.5. The second-order valence-corrected chi connectivity index (χ2v) is 4.86. The van der Waals surface area contributed by atoms with Crippen LogP contribution in [-0.4, -0.2) is 49.1 Å². The van der Waals surface area contributed by atoms with Gasteiger partial charge in [-0.25, -0.2) is 0 Å². The summed E-state index contributed by atoms with van der Waals surface area (Å²) < 4.78 is 10.4. The zero-order valence-corrected chi connectivity index (χ0v) is 12.0. The van der Waals surface area contributed by atoms with Crippen LogP contribution in [0.25, 0.3) is 0 Å². The van der Waals surface area contributed by atoms with E-state index in [4.69, 9.17) is 20.8 Å². The average molecular weight is 301 g/mol.